The third-order valence-corrected chi connectivity index (χ3v) is 4.77. The fourth-order valence-corrected chi connectivity index (χ4v) is 3.39. The number of amides is 1. The number of benzene rings is 3. The minimum absolute atomic E-state index is 0.0745. The summed E-state index contributed by atoms with van der Waals surface area (Å²) in [4.78, 5) is 21.7. The number of nitrogens with zero attached hydrogens (tertiary/aromatic N) is 2. The van der Waals surface area contributed by atoms with Crippen LogP contribution in [0.2, 0.25) is 0 Å². The predicted octanol–water partition coefficient (Wildman–Crippen LogP) is 3.88. The normalized spacial score (nSPS) is 16.6. The molecule has 5 nitrogen and oxygen atoms in total. The molecule has 0 radical (unpaired) electrons. The van der Waals surface area contributed by atoms with Crippen LogP contribution in [0.3, 0.4) is 0 Å². The molecule has 0 aliphatic carbocycles. The average molecular weight is 368 g/mol. The van der Waals surface area contributed by atoms with Gasteiger partial charge in [0.2, 0.25) is 5.91 Å². The highest BCUT2D eigenvalue weighted by atomic mass is 16.2. The predicted molar refractivity (Wildman–Crippen MR) is 114 cm³/mol. The molecule has 28 heavy (non-hydrogen) atoms. The molecule has 3 N–H and O–H groups in total. The first-order valence-electron chi connectivity index (χ1n) is 9.04. The van der Waals surface area contributed by atoms with Crippen molar-refractivity contribution in [3.8, 4) is 0 Å². The molecule has 1 heterocycles. The lowest BCUT2D eigenvalue weighted by Crippen LogP contribution is -2.22. The topological polar surface area (TPSA) is 79.8 Å². The summed E-state index contributed by atoms with van der Waals surface area (Å²) in [5, 5.41) is 2.96. The molecular formula is C23H20N4O. The molecule has 0 saturated heterocycles. The lowest BCUT2D eigenvalue weighted by molar-refractivity contribution is -0.115. The molecule has 0 aromatic heterocycles. The average Bonchev–Trinajstić information content (AvgIpc) is 3.08. The summed E-state index contributed by atoms with van der Waals surface area (Å²) in [6, 6.07) is 25.1. The van der Waals surface area contributed by atoms with Crippen molar-refractivity contribution in [1.29, 1.82) is 0 Å². The van der Waals surface area contributed by atoms with Gasteiger partial charge in [0.15, 0.2) is 0 Å². The van der Waals surface area contributed by atoms with Crippen LogP contribution in [0.1, 0.15) is 22.6 Å². The second-order valence-corrected chi connectivity index (χ2v) is 6.53. The molecule has 1 unspecified atom stereocenters. The number of fused-ring (bicyclic) bond motifs is 1. The van der Waals surface area contributed by atoms with E-state index in [9.17, 15) is 4.79 Å². The van der Waals surface area contributed by atoms with Crippen molar-refractivity contribution in [3.05, 3.63) is 95.6 Å². The molecule has 138 valence electrons. The lowest BCUT2D eigenvalue weighted by Gasteiger charge is -2.14. The highest BCUT2D eigenvalue weighted by Crippen LogP contribution is 2.36. The zero-order chi connectivity index (χ0) is 19.5. The number of rotatable bonds is 4. The smallest absolute Gasteiger partial charge is 0.238 e. The van der Waals surface area contributed by atoms with Gasteiger partial charge in [0.25, 0.3) is 0 Å². The summed E-state index contributed by atoms with van der Waals surface area (Å²) < 4.78 is 0. The molecule has 0 spiro atoms. The fraction of sp³-hybridized carbons (Fsp3) is 0.0870. The van der Waals surface area contributed by atoms with Crippen LogP contribution in [0.5, 0.6) is 0 Å². The van der Waals surface area contributed by atoms with Crippen molar-refractivity contribution in [2.45, 2.75) is 5.92 Å². The first-order valence-corrected chi connectivity index (χ1v) is 9.04. The van der Waals surface area contributed by atoms with E-state index in [1.165, 1.54) is 0 Å². The molecular weight excluding hydrogens is 348 g/mol. The Bertz CT molecular complexity index is 1090. The molecule has 4 rings (SSSR count). The minimum Gasteiger partial charge on any atom is -0.384 e. The van der Waals surface area contributed by atoms with Gasteiger partial charge in [0.05, 0.1) is 11.4 Å². The highest BCUT2D eigenvalue weighted by Gasteiger charge is 2.35. The van der Waals surface area contributed by atoms with E-state index >= 15 is 0 Å². The zero-order valence-corrected chi connectivity index (χ0v) is 15.5. The summed E-state index contributed by atoms with van der Waals surface area (Å²) in [6.45, 7) is 0. The van der Waals surface area contributed by atoms with Crippen LogP contribution in [0, 0.1) is 0 Å². The number of nitrogens with one attached hydrogen (secondary N) is 1. The molecule has 1 amide bonds. The Balaban J connectivity index is 1.87. The highest BCUT2D eigenvalue weighted by molar-refractivity contribution is 6.24. The summed E-state index contributed by atoms with van der Waals surface area (Å²) in [6.07, 6.45) is 0. The Morgan fingerprint density at radius 3 is 2.43 bits per heavy atom. The number of aliphatic imine (C=N–C) groups is 2. The van der Waals surface area contributed by atoms with Gasteiger partial charge in [-0.3, -0.25) is 14.8 Å². The molecule has 1 aliphatic heterocycles. The standard InChI is InChI=1S/C23H20N4O/c1-25-22(24)16-10-7-11-17(14-16)26-21(15-8-3-2-4-9-15)20-18-12-5-6-13-19(18)27-23(20)28/h2-14,20H,1H3,(H2,24,25)(H,27,28). The monoisotopic (exact) mass is 368 g/mol. The van der Waals surface area contributed by atoms with E-state index in [-0.39, 0.29) is 5.91 Å². The molecule has 3 aromatic rings. The summed E-state index contributed by atoms with van der Waals surface area (Å²) in [5.41, 5.74) is 10.8. The van der Waals surface area contributed by atoms with Crippen molar-refractivity contribution < 1.29 is 4.79 Å². The molecule has 3 aromatic carbocycles. The minimum atomic E-state index is -0.473. The maximum absolute atomic E-state index is 12.8. The Morgan fingerprint density at radius 2 is 1.64 bits per heavy atom. The van der Waals surface area contributed by atoms with Gasteiger partial charge in [-0.25, -0.2) is 0 Å². The van der Waals surface area contributed by atoms with Crippen LogP contribution < -0.4 is 11.1 Å². The van der Waals surface area contributed by atoms with Crippen LogP contribution in [-0.4, -0.2) is 24.5 Å². The first kappa shape index (κ1) is 17.7. The number of carbonyl (C=O) groups excluding carboxylic acids is 1. The van der Waals surface area contributed by atoms with Crippen molar-refractivity contribution in [3.63, 3.8) is 0 Å². The molecule has 1 aliphatic rings. The number of hydrogen-bond acceptors (Lipinski definition) is 3. The van der Waals surface area contributed by atoms with Crippen LogP contribution in [0.25, 0.3) is 0 Å². The van der Waals surface area contributed by atoms with Gasteiger partial charge < -0.3 is 11.1 Å². The second kappa shape index (κ2) is 7.48. The van der Waals surface area contributed by atoms with Gasteiger partial charge in [-0.15, -0.1) is 0 Å². The molecule has 5 heteroatoms. The quantitative estimate of drug-likeness (QED) is 0.541. The molecule has 1 atom stereocenters. The van der Waals surface area contributed by atoms with Crippen molar-refractivity contribution in [2.24, 2.45) is 15.7 Å². The van der Waals surface area contributed by atoms with Gasteiger partial charge in [0.1, 0.15) is 11.8 Å². The number of nitrogens with two attached hydrogens (primary N) is 1. The van der Waals surface area contributed by atoms with E-state index < -0.39 is 5.92 Å². The molecule has 0 bridgehead atoms. The number of carbonyl (C=O) groups is 1. The van der Waals surface area contributed by atoms with Gasteiger partial charge in [-0.2, -0.15) is 0 Å². The lowest BCUT2D eigenvalue weighted by atomic mass is 9.90. The van der Waals surface area contributed by atoms with E-state index in [4.69, 9.17) is 10.7 Å². The number of amidine groups is 1. The Morgan fingerprint density at radius 1 is 0.929 bits per heavy atom. The molecule has 0 saturated carbocycles. The van der Waals surface area contributed by atoms with E-state index in [1.54, 1.807) is 7.05 Å². The van der Waals surface area contributed by atoms with Crippen molar-refractivity contribution in [2.75, 3.05) is 12.4 Å². The van der Waals surface area contributed by atoms with Crippen LogP contribution in [0.4, 0.5) is 11.4 Å². The largest absolute Gasteiger partial charge is 0.384 e. The Labute approximate surface area is 163 Å². The second-order valence-electron chi connectivity index (χ2n) is 6.53. The van der Waals surface area contributed by atoms with Crippen molar-refractivity contribution in [1.82, 2.24) is 0 Å². The van der Waals surface area contributed by atoms with E-state index in [2.05, 4.69) is 10.3 Å². The van der Waals surface area contributed by atoms with Crippen molar-refractivity contribution >= 4 is 28.8 Å². The Hall–Kier alpha value is -3.73. The van der Waals surface area contributed by atoms with E-state index in [0.29, 0.717) is 11.5 Å². The van der Waals surface area contributed by atoms with Crippen LogP contribution >= 0.6 is 0 Å². The maximum Gasteiger partial charge on any atom is 0.238 e. The summed E-state index contributed by atoms with van der Waals surface area (Å²) in [5.74, 6) is -0.101. The zero-order valence-electron chi connectivity index (χ0n) is 15.5. The van der Waals surface area contributed by atoms with Crippen LogP contribution in [-0.2, 0) is 4.79 Å². The van der Waals surface area contributed by atoms with Gasteiger partial charge in [-0.1, -0.05) is 60.7 Å². The third kappa shape index (κ3) is 3.30. The van der Waals surface area contributed by atoms with E-state index in [1.807, 2.05) is 78.9 Å². The first-order chi connectivity index (χ1) is 13.7. The fourth-order valence-electron chi connectivity index (χ4n) is 3.39. The van der Waals surface area contributed by atoms with Gasteiger partial charge in [-0.05, 0) is 29.3 Å². The van der Waals surface area contributed by atoms with Gasteiger partial charge >= 0.3 is 0 Å². The molecule has 0 fully saturated rings. The third-order valence-electron chi connectivity index (χ3n) is 4.77. The summed E-state index contributed by atoms with van der Waals surface area (Å²) >= 11 is 0. The SMILES string of the molecule is CN=C(N)c1cccc(N=C(c2ccccc2)C2C(=O)Nc3ccccc32)c1. The summed E-state index contributed by atoms with van der Waals surface area (Å²) in [7, 11) is 1.65. The van der Waals surface area contributed by atoms with Gasteiger partial charge in [0, 0.05) is 18.3 Å². The Kier molecular flexibility index (Phi) is 4.72. The van der Waals surface area contributed by atoms with Crippen LogP contribution in [0.15, 0.2) is 88.8 Å². The maximum atomic E-state index is 12.8. The number of para-hydroxylation sites is 1. The van der Waals surface area contributed by atoms with E-state index in [0.717, 1.165) is 28.1 Å². The number of hydrogen-bond donors (Lipinski definition) is 2. The number of anilines is 1.